The Hall–Kier alpha value is -1.96. The van der Waals surface area contributed by atoms with Crippen molar-refractivity contribution in [3.05, 3.63) is 57.6 Å². The molecule has 1 heterocycles. The zero-order valence-electron chi connectivity index (χ0n) is 16.7. The normalized spacial score (nSPS) is 17.5. The zero-order chi connectivity index (χ0) is 21.9. The molecule has 0 aromatic heterocycles. The molecule has 1 aliphatic heterocycles. The maximum atomic E-state index is 13.4. The molecule has 2 aromatic carbocycles. The van der Waals surface area contributed by atoms with Crippen LogP contribution in [0.15, 0.2) is 36.4 Å². The molecule has 0 unspecified atom stereocenters. The van der Waals surface area contributed by atoms with Crippen LogP contribution in [0, 0.1) is 0 Å². The molecule has 1 aliphatic rings. The van der Waals surface area contributed by atoms with E-state index in [1.54, 1.807) is 24.1 Å². The Morgan fingerprint density at radius 3 is 2.30 bits per heavy atom. The van der Waals surface area contributed by atoms with Gasteiger partial charge in [-0.15, -0.1) is 0 Å². The molecule has 30 heavy (non-hydrogen) atoms. The van der Waals surface area contributed by atoms with Crippen molar-refractivity contribution in [2.45, 2.75) is 25.9 Å². The van der Waals surface area contributed by atoms with Crippen LogP contribution in [0.3, 0.4) is 0 Å². The van der Waals surface area contributed by atoms with Crippen molar-refractivity contribution in [2.24, 2.45) is 0 Å². The van der Waals surface area contributed by atoms with Gasteiger partial charge in [-0.2, -0.15) is 0 Å². The minimum absolute atomic E-state index is 0.0621. The molecule has 1 atom stereocenters. The predicted molar refractivity (Wildman–Crippen MR) is 118 cm³/mol. The summed E-state index contributed by atoms with van der Waals surface area (Å²) < 4.78 is 34.7. The van der Waals surface area contributed by atoms with E-state index in [1.165, 1.54) is 12.1 Å². The minimum Gasteiger partial charge on any atom is -0.497 e. The van der Waals surface area contributed by atoms with Gasteiger partial charge in [0.05, 0.1) is 35.3 Å². The quantitative estimate of drug-likeness (QED) is 0.603. The van der Waals surface area contributed by atoms with Gasteiger partial charge >= 0.3 is 0 Å². The Balaban J connectivity index is 1.93. The van der Waals surface area contributed by atoms with Crippen molar-refractivity contribution >= 4 is 38.9 Å². The third-order valence-corrected chi connectivity index (χ3v) is 7.27. The van der Waals surface area contributed by atoms with Crippen LogP contribution >= 0.6 is 23.2 Å². The lowest BCUT2D eigenvalue weighted by atomic mass is 10.1. The van der Waals surface area contributed by atoms with Crippen molar-refractivity contribution in [3.8, 4) is 11.5 Å². The molecule has 0 radical (unpaired) electrons. The van der Waals surface area contributed by atoms with Crippen molar-refractivity contribution < 1.29 is 22.7 Å². The average Bonchev–Trinajstić information content (AvgIpc) is 3.08. The number of rotatable bonds is 7. The van der Waals surface area contributed by atoms with Crippen LogP contribution in [0.2, 0.25) is 10.0 Å². The molecular formula is C21H23Cl2NO5S. The van der Waals surface area contributed by atoms with Gasteiger partial charge in [-0.25, -0.2) is 8.42 Å². The average molecular weight is 472 g/mol. The number of carbonyl (C=O) groups excluding carboxylic acids is 1. The summed E-state index contributed by atoms with van der Waals surface area (Å²) in [5.74, 6) is 0.690. The summed E-state index contributed by atoms with van der Waals surface area (Å²) >= 11 is 12.5. The van der Waals surface area contributed by atoms with Crippen molar-refractivity contribution in [2.75, 3.05) is 25.2 Å². The fourth-order valence-electron chi connectivity index (χ4n) is 3.45. The Kier molecular flexibility index (Phi) is 7.16. The highest BCUT2D eigenvalue weighted by molar-refractivity contribution is 7.91. The molecule has 1 amide bonds. The number of hydrogen-bond acceptors (Lipinski definition) is 5. The lowest BCUT2D eigenvalue weighted by Gasteiger charge is -2.29. The van der Waals surface area contributed by atoms with E-state index in [9.17, 15) is 13.2 Å². The van der Waals surface area contributed by atoms with Gasteiger partial charge in [0.15, 0.2) is 15.6 Å². The second-order valence-electron chi connectivity index (χ2n) is 7.04. The lowest BCUT2D eigenvalue weighted by molar-refractivity contribution is 0.0681. The number of benzene rings is 2. The summed E-state index contributed by atoms with van der Waals surface area (Å²) in [5, 5.41) is 0.465. The summed E-state index contributed by atoms with van der Waals surface area (Å²) in [6, 6.07) is 9.88. The van der Waals surface area contributed by atoms with E-state index in [4.69, 9.17) is 32.7 Å². The first kappa shape index (κ1) is 22.7. The lowest BCUT2D eigenvalue weighted by Crippen LogP contribution is -2.40. The smallest absolute Gasteiger partial charge is 0.254 e. The van der Waals surface area contributed by atoms with Crippen molar-refractivity contribution in [3.63, 3.8) is 0 Å². The standard InChI is InChI=1S/C21H23Cl2NO5S/c1-3-29-20-18(22)10-15(11-19(20)23)21(25)24(16-8-9-30(26,27)13-16)12-14-4-6-17(28-2)7-5-14/h4-7,10-11,16H,3,8-9,12-13H2,1-2H3/t16-/m1/s1. The van der Waals surface area contributed by atoms with Crippen LogP contribution in [-0.4, -0.2) is 50.5 Å². The van der Waals surface area contributed by atoms with Gasteiger partial charge in [-0.05, 0) is 43.2 Å². The molecule has 1 saturated heterocycles. The number of methoxy groups -OCH3 is 1. The van der Waals surface area contributed by atoms with Gasteiger partial charge < -0.3 is 14.4 Å². The van der Waals surface area contributed by atoms with Gasteiger partial charge in [0.25, 0.3) is 5.91 Å². The first-order valence-corrected chi connectivity index (χ1v) is 12.1. The third kappa shape index (κ3) is 5.20. The summed E-state index contributed by atoms with van der Waals surface area (Å²) in [6.07, 6.45) is 0.392. The minimum atomic E-state index is -3.18. The number of halogens is 2. The molecule has 1 fully saturated rings. The number of nitrogens with zero attached hydrogens (tertiary/aromatic N) is 1. The number of amides is 1. The molecular weight excluding hydrogens is 449 g/mol. The van der Waals surface area contributed by atoms with Gasteiger partial charge in [0.2, 0.25) is 0 Å². The summed E-state index contributed by atoms with van der Waals surface area (Å²) in [4.78, 5) is 15.0. The Labute approximate surface area is 186 Å². The molecule has 0 aliphatic carbocycles. The monoisotopic (exact) mass is 471 g/mol. The molecule has 162 valence electrons. The number of hydrogen-bond donors (Lipinski definition) is 0. The van der Waals surface area contributed by atoms with Gasteiger partial charge in [0.1, 0.15) is 5.75 Å². The number of carbonyl (C=O) groups is 1. The molecule has 6 nitrogen and oxygen atoms in total. The van der Waals surface area contributed by atoms with Gasteiger partial charge in [-0.3, -0.25) is 4.79 Å². The second-order valence-corrected chi connectivity index (χ2v) is 10.1. The van der Waals surface area contributed by atoms with Crippen LogP contribution in [0.4, 0.5) is 0 Å². The zero-order valence-corrected chi connectivity index (χ0v) is 19.1. The first-order valence-electron chi connectivity index (χ1n) is 9.50. The van der Waals surface area contributed by atoms with Crippen molar-refractivity contribution in [1.82, 2.24) is 4.90 Å². The van der Waals surface area contributed by atoms with E-state index < -0.39 is 15.9 Å². The van der Waals surface area contributed by atoms with Crippen LogP contribution < -0.4 is 9.47 Å². The Morgan fingerprint density at radius 1 is 1.17 bits per heavy atom. The summed E-state index contributed by atoms with van der Waals surface area (Å²) in [6.45, 7) is 2.45. The molecule has 0 saturated carbocycles. The van der Waals surface area contributed by atoms with E-state index >= 15 is 0 Å². The largest absolute Gasteiger partial charge is 0.497 e. The predicted octanol–water partition coefficient (Wildman–Crippen LogP) is 4.23. The van der Waals surface area contributed by atoms with Crippen LogP contribution in [0.25, 0.3) is 0 Å². The maximum Gasteiger partial charge on any atom is 0.254 e. The Bertz CT molecular complexity index is 1000. The van der Waals surface area contributed by atoms with Crippen molar-refractivity contribution in [1.29, 1.82) is 0 Å². The number of ether oxygens (including phenoxy) is 2. The third-order valence-electron chi connectivity index (χ3n) is 4.96. The maximum absolute atomic E-state index is 13.4. The summed E-state index contributed by atoms with van der Waals surface area (Å²) in [7, 11) is -1.60. The highest BCUT2D eigenvalue weighted by atomic mass is 35.5. The highest BCUT2D eigenvalue weighted by Crippen LogP contribution is 2.35. The van der Waals surface area contributed by atoms with Crippen LogP contribution in [0.5, 0.6) is 11.5 Å². The molecule has 3 rings (SSSR count). The van der Waals surface area contributed by atoms with E-state index in [0.29, 0.717) is 24.5 Å². The molecule has 0 spiro atoms. The molecule has 0 N–H and O–H groups in total. The summed E-state index contributed by atoms with van der Waals surface area (Å²) in [5.41, 5.74) is 1.14. The van der Waals surface area contributed by atoms with Gasteiger partial charge in [0, 0.05) is 18.2 Å². The highest BCUT2D eigenvalue weighted by Gasteiger charge is 2.35. The van der Waals surface area contributed by atoms with E-state index in [1.807, 2.05) is 19.1 Å². The fourth-order valence-corrected chi connectivity index (χ4v) is 5.77. The first-order chi connectivity index (χ1) is 14.2. The van der Waals surface area contributed by atoms with Crippen LogP contribution in [-0.2, 0) is 16.4 Å². The topological polar surface area (TPSA) is 72.9 Å². The van der Waals surface area contributed by atoms with E-state index in [-0.39, 0.29) is 39.6 Å². The van der Waals surface area contributed by atoms with E-state index in [0.717, 1.165) is 5.56 Å². The molecule has 2 aromatic rings. The second kappa shape index (κ2) is 9.45. The van der Waals surface area contributed by atoms with Gasteiger partial charge in [-0.1, -0.05) is 35.3 Å². The Morgan fingerprint density at radius 2 is 1.80 bits per heavy atom. The fraction of sp³-hybridized carbons (Fsp3) is 0.381. The molecule has 0 bridgehead atoms. The van der Waals surface area contributed by atoms with Crippen LogP contribution in [0.1, 0.15) is 29.3 Å². The number of sulfone groups is 1. The SMILES string of the molecule is CCOc1c(Cl)cc(C(=O)N(Cc2ccc(OC)cc2)[C@@H]2CCS(=O)(=O)C2)cc1Cl. The van der Waals surface area contributed by atoms with E-state index in [2.05, 4.69) is 0 Å². The molecule has 9 heteroatoms.